The summed E-state index contributed by atoms with van der Waals surface area (Å²) in [5.74, 6) is -0.480. The van der Waals surface area contributed by atoms with E-state index in [9.17, 15) is 9.59 Å². The first-order valence-corrected chi connectivity index (χ1v) is 10.1. The zero-order valence-electron chi connectivity index (χ0n) is 14.9. The van der Waals surface area contributed by atoms with E-state index in [2.05, 4.69) is 53.6 Å². The molecule has 2 aromatic rings. The predicted octanol–water partition coefficient (Wildman–Crippen LogP) is 3.04. The van der Waals surface area contributed by atoms with E-state index in [-0.39, 0.29) is 28.9 Å². The second kappa shape index (κ2) is 7.27. The third kappa shape index (κ3) is 3.93. The van der Waals surface area contributed by atoms with Gasteiger partial charge in [-0.25, -0.2) is 0 Å². The molecule has 3 atom stereocenters. The smallest absolute Gasteiger partial charge is 0.231 e. The fourth-order valence-corrected chi connectivity index (χ4v) is 3.74. The highest BCUT2D eigenvalue weighted by Crippen LogP contribution is 2.33. The summed E-state index contributed by atoms with van der Waals surface area (Å²) in [6.45, 7) is 6.21. The van der Waals surface area contributed by atoms with Gasteiger partial charge in [0.1, 0.15) is 0 Å². The van der Waals surface area contributed by atoms with Crippen molar-refractivity contribution in [3.8, 4) is 11.3 Å². The van der Waals surface area contributed by atoms with Gasteiger partial charge in [0.25, 0.3) is 0 Å². The molecule has 1 aliphatic rings. The van der Waals surface area contributed by atoms with E-state index in [0.29, 0.717) is 12.4 Å². The molecular weight excluding hydrogens is 462 g/mol. The number of nitrogens with one attached hydrogen (secondary N) is 2. The molecule has 0 aliphatic carbocycles. The molecule has 8 heteroatoms. The largest absolute Gasteiger partial charge is 0.355 e. The number of halogens is 1. The van der Waals surface area contributed by atoms with Gasteiger partial charge in [0.2, 0.25) is 11.8 Å². The van der Waals surface area contributed by atoms with Crippen molar-refractivity contribution in [1.29, 1.82) is 0 Å². The van der Waals surface area contributed by atoms with E-state index in [1.54, 1.807) is 6.92 Å². The van der Waals surface area contributed by atoms with Gasteiger partial charge in [-0.1, -0.05) is 19.1 Å². The van der Waals surface area contributed by atoms with Crippen LogP contribution in [0.2, 0.25) is 0 Å². The molecule has 1 aromatic carbocycles. The Morgan fingerprint density at radius 1 is 1.42 bits per heavy atom. The van der Waals surface area contributed by atoms with Crippen LogP contribution in [0.5, 0.6) is 0 Å². The number of rotatable bonds is 4. The van der Waals surface area contributed by atoms with E-state index >= 15 is 0 Å². The monoisotopic (exact) mass is 484 g/mol. The predicted molar refractivity (Wildman–Crippen MR) is 114 cm³/mol. The maximum Gasteiger partial charge on any atom is 0.231 e. The molecule has 0 bridgehead atoms. The summed E-state index contributed by atoms with van der Waals surface area (Å²) in [4.78, 5) is 24.2. The molecule has 26 heavy (non-hydrogen) atoms. The summed E-state index contributed by atoms with van der Waals surface area (Å²) in [5, 5.41) is 9.88. The van der Waals surface area contributed by atoms with E-state index < -0.39 is 0 Å². The maximum atomic E-state index is 12.6. The van der Waals surface area contributed by atoms with Crippen LogP contribution in [0.25, 0.3) is 11.3 Å². The normalized spacial score (nSPS) is 20.1. The molecule has 1 aliphatic heterocycles. The van der Waals surface area contributed by atoms with E-state index in [1.165, 1.54) is 0 Å². The number of anilines is 1. The fraction of sp³-hybridized carbons (Fsp3) is 0.389. The Hall–Kier alpha value is -1.47. The first-order chi connectivity index (χ1) is 12.2. The Morgan fingerprint density at radius 3 is 2.73 bits per heavy atom. The highest BCUT2D eigenvalue weighted by Gasteiger charge is 2.36. The second-order valence-electron chi connectivity index (χ2n) is 7.12. The maximum absolute atomic E-state index is 12.6. The van der Waals surface area contributed by atoms with Crippen molar-refractivity contribution in [2.75, 3.05) is 11.9 Å². The summed E-state index contributed by atoms with van der Waals surface area (Å²) < 4.78 is 3.02. The average molecular weight is 484 g/mol. The summed E-state index contributed by atoms with van der Waals surface area (Å²) in [6.07, 6.45) is 0. The zero-order valence-corrected chi connectivity index (χ0v) is 18.2. The highest BCUT2D eigenvalue weighted by atomic mass is 127. The number of hydrogen-bond acceptors (Lipinski definition) is 3. The molecule has 138 valence electrons. The van der Waals surface area contributed by atoms with Gasteiger partial charge in [0.05, 0.1) is 16.9 Å². The molecule has 1 fully saturated rings. The minimum Gasteiger partial charge on any atom is -0.355 e. The lowest BCUT2D eigenvalue weighted by atomic mass is 9.97. The van der Waals surface area contributed by atoms with Gasteiger partial charge in [-0.2, -0.15) is 5.10 Å². The molecule has 2 N–H and O–H groups in total. The Labute approximate surface area is 168 Å². The van der Waals surface area contributed by atoms with E-state index in [1.807, 2.05) is 42.8 Å². The topological polar surface area (TPSA) is 76.0 Å². The van der Waals surface area contributed by atoms with E-state index in [0.717, 1.165) is 14.8 Å². The molecular formula is C18H22IN4O2P. The van der Waals surface area contributed by atoms with Crippen molar-refractivity contribution >= 4 is 49.5 Å². The summed E-state index contributed by atoms with van der Waals surface area (Å²) in [7, 11) is 2.77. The lowest BCUT2D eigenvalue weighted by Crippen LogP contribution is -2.28. The molecule has 0 spiro atoms. The molecule has 1 aromatic heterocycles. The number of carbonyl (C=O) groups is 2. The SMILES string of the molecule is C[C@H]1C(=O)NC[C@@H]1C(=O)Nc1cc(-c2cccc(I)c2)n(C(C)(C)P)n1. The van der Waals surface area contributed by atoms with Crippen molar-refractivity contribution in [3.63, 3.8) is 0 Å². The van der Waals surface area contributed by atoms with E-state index in [4.69, 9.17) is 0 Å². The Kier molecular flexibility index (Phi) is 5.40. The molecule has 1 unspecified atom stereocenters. The van der Waals surface area contributed by atoms with Crippen LogP contribution in [-0.4, -0.2) is 28.1 Å². The molecule has 6 nitrogen and oxygen atoms in total. The van der Waals surface area contributed by atoms with Crippen LogP contribution in [-0.2, 0) is 14.9 Å². The first kappa shape index (κ1) is 19.3. The third-order valence-corrected chi connectivity index (χ3v) is 5.39. The van der Waals surface area contributed by atoms with Crippen LogP contribution in [0.1, 0.15) is 20.8 Å². The Morgan fingerprint density at radius 2 is 2.15 bits per heavy atom. The summed E-state index contributed by atoms with van der Waals surface area (Å²) >= 11 is 2.28. The van der Waals surface area contributed by atoms with Crippen LogP contribution >= 0.6 is 31.8 Å². The quantitative estimate of drug-likeness (QED) is 0.518. The Bertz CT molecular complexity index is 859. The second-order valence-corrected chi connectivity index (χ2v) is 9.78. The van der Waals surface area contributed by atoms with Gasteiger partial charge < -0.3 is 10.6 Å². The number of hydrogen-bond donors (Lipinski definition) is 2. The van der Waals surface area contributed by atoms with Crippen molar-refractivity contribution in [2.45, 2.75) is 26.1 Å². The number of benzene rings is 1. The van der Waals surface area contributed by atoms with Crippen LogP contribution in [0, 0.1) is 15.4 Å². The number of amides is 2. The molecule has 2 heterocycles. The molecule has 0 radical (unpaired) electrons. The molecule has 0 saturated carbocycles. The van der Waals surface area contributed by atoms with Gasteiger partial charge in [-0.05, 0) is 48.6 Å². The zero-order chi connectivity index (χ0) is 19.1. The minimum atomic E-state index is -0.377. The standard InChI is InChI=1S/C18H22IN4O2P/c1-10-13(9-20-16(10)24)17(25)21-15-8-14(23(22-15)18(2,3)26)11-5-4-6-12(19)7-11/h4-8,10,13H,9,26H2,1-3H3,(H,20,24)(H,21,22,25)/t10-,13+/m1/s1. The average Bonchev–Trinajstić information content (AvgIpc) is 3.12. The van der Waals surface area contributed by atoms with Gasteiger partial charge in [-0.15, -0.1) is 9.24 Å². The minimum absolute atomic E-state index is 0.0821. The molecule has 3 rings (SSSR count). The van der Waals surface area contributed by atoms with Gasteiger partial charge in [-0.3, -0.25) is 14.3 Å². The van der Waals surface area contributed by atoms with Crippen LogP contribution < -0.4 is 10.6 Å². The fourth-order valence-electron chi connectivity index (χ4n) is 3.00. The highest BCUT2D eigenvalue weighted by molar-refractivity contribution is 14.1. The van der Waals surface area contributed by atoms with Crippen LogP contribution in [0.15, 0.2) is 30.3 Å². The van der Waals surface area contributed by atoms with Gasteiger partial charge in [0, 0.05) is 27.7 Å². The third-order valence-electron chi connectivity index (χ3n) is 4.48. The van der Waals surface area contributed by atoms with Gasteiger partial charge >= 0.3 is 0 Å². The lowest BCUT2D eigenvalue weighted by molar-refractivity contribution is -0.126. The number of aromatic nitrogens is 2. The van der Waals surface area contributed by atoms with Crippen molar-refractivity contribution in [1.82, 2.24) is 15.1 Å². The van der Waals surface area contributed by atoms with Gasteiger partial charge in [0.15, 0.2) is 5.82 Å². The number of nitrogens with zero attached hydrogens (tertiary/aromatic N) is 2. The van der Waals surface area contributed by atoms with Crippen LogP contribution in [0.4, 0.5) is 5.82 Å². The van der Waals surface area contributed by atoms with Crippen LogP contribution in [0.3, 0.4) is 0 Å². The summed E-state index contributed by atoms with van der Waals surface area (Å²) in [6, 6.07) is 10.0. The van der Waals surface area contributed by atoms with Crippen molar-refractivity contribution < 1.29 is 9.59 Å². The van der Waals surface area contributed by atoms with Crippen molar-refractivity contribution in [2.24, 2.45) is 11.8 Å². The molecule has 1 saturated heterocycles. The summed E-state index contributed by atoms with van der Waals surface area (Å²) in [5.41, 5.74) is 1.96. The first-order valence-electron chi connectivity index (χ1n) is 8.41. The lowest BCUT2D eigenvalue weighted by Gasteiger charge is -2.22. The number of carbonyl (C=O) groups excluding carboxylic acids is 2. The molecule has 2 amide bonds. The van der Waals surface area contributed by atoms with Crippen molar-refractivity contribution in [3.05, 3.63) is 33.9 Å². The Balaban J connectivity index is 1.92.